The van der Waals surface area contributed by atoms with Crippen LogP contribution >= 0.6 is 0 Å². The fraction of sp³-hybridized carbons (Fsp3) is 0.500. The van der Waals surface area contributed by atoms with E-state index in [0.717, 1.165) is 37.5 Å². The number of hydrogen-bond donors (Lipinski definition) is 0. The van der Waals surface area contributed by atoms with Crippen LogP contribution in [0.4, 0.5) is 0 Å². The standard InChI is InChI=1S/C16H23BN2O/c1-15(16-9-3-2-4-10-16)20-17(18-11-5-6-12-18)19-13-7-8-14-19/h2-4,9-10H,1,5-8,11-14H2. The Labute approximate surface area is 122 Å². The van der Waals surface area contributed by atoms with Crippen molar-refractivity contribution in [1.82, 2.24) is 9.62 Å². The van der Waals surface area contributed by atoms with Gasteiger partial charge in [-0.3, -0.25) is 9.62 Å². The summed E-state index contributed by atoms with van der Waals surface area (Å²) in [6, 6.07) is 10.2. The van der Waals surface area contributed by atoms with Crippen LogP contribution in [0.3, 0.4) is 0 Å². The van der Waals surface area contributed by atoms with Crippen molar-refractivity contribution in [2.45, 2.75) is 25.7 Å². The SMILES string of the molecule is C=C(OB(N1CCCC1)N1CCCC1)c1ccccc1. The summed E-state index contributed by atoms with van der Waals surface area (Å²) in [5, 5.41) is 0. The minimum Gasteiger partial charge on any atom is -0.533 e. The molecule has 2 saturated heterocycles. The van der Waals surface area contributed by atoms with E-state index in [9.17, 15) is 0 Å². The summed E-state index contributed by atoms with van der Waals surface area (Å²) in [5.41, 5.74) is 1.08. The molecule has 2 fully saturated rings. The van der Waals surface area contributed by atoms with Gasteiger partial charge in [0.25, 0.3) is 0 Å². The Bertz CT molecular complexity index is 423. The fourth-order valence-electron chi connectivity index (χ4n) is 3.12. The maximum absolute atomic E-state index is 6.26. The molecule has 0 radical (unpaired) electrons. The molecule has 0 saturated carbocycles. The molecule has 3 nitrogen and oxygen atoms in total. The van der Waals surface area contributed by atoms with Crippen LogP contribution in [-0.4, -0.2) is 43.0 Å². The zero-order valence-corrected chi connectivity index (χ0v) is 12.1. The third-order valence-corrected chi connectivity index (χ3v) is 4.25. The van der Waals surface area contributed by atoms with Crippen molar-refractivity contribution in [3.63, 3.8) is 0 Å². The van der Waals surface area contributed by atoms with Crippen molar-refractivity contribution in [1.29, 1.82) is 0 Å². The Hall–Kier alpha value is -1.26. The highest BCUT2D eigenvalue weighted by Gasteiger charge is 2.38. The molecule has 106 valence electrons. The van der Waals surface area contributed by atoms with Crippen molar-refractivity contribution in [3.8, 4) is 0 Å². The van der Waals surface area contributed by atoms with Gasteiger partial charge in [0.05, 0.1) is 0 Å². The molecule has 4 heteroatoms. The molecule has 2 heterocycles. The quantitative estimate of drug-likeness (QED) is 0.604. The first-order valence-corrected chi connectivity index (χ1v) is 7.74. The lowest BCUT2D eigenvalue weighted by atomic mass is 9.93. The van der Waals surface area contributed by atoms with Crippen molar-refractivity contribution in [2.75, 3.05) is 26.2 Å². The topological polar surface area (TPSA) is 15.7 Å². The molecular formula is C16H23BN2O. The molecule has 1 aromatic rings. The van der Waals surface area contributed by atoms with E-state index in [-0.39, 0.29) is 7.19 Å². The number of rotatable bonds is 5. The van der Waals surface area contributed by atoms with E-state index in [1.165, 1.54) is 25.7 Å². The summed E-state index contributed by atoms with van der Waals surface area (Å²) in [4.78, 5) is 4.92. The van der Waals surface area contributed by atoms with Crippen LogP contribution < -0.4 is 0 Å². The van der Waals surface area contributed by atoms with Crippen molar-refractivity contribution in [3.05, 3.63) is 42.5 Å². The summed E-state index contributed by atoms with van der Waals surface area (Å²) in [6.07, 6.45) is 5.13. The second-order valence-corrected chi connectivity index (χ2v) is 5.72. The van der Waals surface area contributed by atoms with Gasteiger partial charge in [0, 0.05) is 5.56 Å². The minimum atomic E-state index is 0.0766. The van der Waals surface area contributed by atoms with Gasteiger partial charge in [0.2, 0.25) is 0 Å². The third-order valence-electron chi connectivity index (χ3n) is 4.25. The molecule has 0 unspecified atom stereocenters. The molecule has 0 aromatic heterocycles. The normalized spacial score (nSPS) is 20.2. The highest BCUT2D eigenvalue weighted by Crippen LogP contribution is 2.22. The van der Waals surface area contributed by atoms with Crippen LogP contribution in [0.15, 0.2) is 36.9 Å². The summed E-state index contributed by atoms with van der Waals surface area (Å²) in [7, 11) is 0.0766. The maximum atomic E-state index is 6.26. The van der Waals surface area contributed by atoms with E-state index >= 15 is 0 Å². The molecule has 0 bridgehead atoms. The predicted octanol–water partition coefficient (Wildman–Crippen LogP) is 2.85. The maximum Gasteiger partial charge on any atom is 0.548 e. The van der Waals surface area contributed by atoms with Gasteiger partial charge in [-0.15, -0.1) is 0 Å². The lowest BCUT2D eigenvalue weighted by Gasteiger charge is -2.31. The molecule has 0 N–H and O–H groups in total. The molecule has 0 spiro atoms. The third kappa shape index (κ3) is 3.07. The van der Waals surface area contributed by atoms with E-state index < -0.39 is 0 Å². The smallest absolute Gasteiger partial charge is 0.533 e. The molecule has 0 amide bonds. The predicted molar refractivity (Wildman–Crippen MR) is 83.9 cm³/mol. The summed E-state index contributed by atoms with van der Waals surface area (Å²) in [5.74, 6) is 0.786. The van der Waals surface area contributed by atoms with Crippen LogP contribution in [-0.2, 0) is 4.65 Å². The molecule has 20 heavy (non-hydrogen) atoms. The van der Waals surface area contributed by atoms with Gasteiger partial charge in [0.15, 0.2) is 0 Å². The molecule has 2 aliphatic rings. The molecule has 2 aliphatic heterocycles. The van der Waals surface area contributed by atoms with Gasteiger partial charge in [-0.25, -0.2) is 0 Å². The van der Waals surface area contributed by atoms with Crippen molar-refractivity contribution < 1.29 is 4.65 Å². The average Bonchev–Trinajstić information content (AvgIpc) is 3.19. The zero-order valence-electron chi connectivity index (χ0n) is 12.1. The first-order valence-electron chi connectivity index (χ1n) is 7.74. The highest BCUT2D eigenvalue weighted by molar-refractivity contribution is 6.46. The van der Waals surface area contributed by atoms with Gasteiger partial charge in [-0.2, -0.15) is 0 Å². The Kier molecular flexibility index (Phi) is 4.43. The van der Waals surface area contributed by atoms with Crippen LogP contribution in [0.1, 0.15) is 31.2 Å². The number of nitrogens with zero attached hydrogens (tertiary/aromatic N) is 2. The average molecular weight is 270 g/mol. The van der Waals surface area contributed by atoms with E-state index in [4.69, 9.17) is 4.65 Å². The Morgan fingerprint density at radius 3 is 1.90 bits per heavy atom. The monoisotopic (exact) mass is 270 g/mol. The number of benzene rings is 1. The summed E-state index contributed by atoms with van der Waals surface area (Å²) < 4.78 is 6.26. The second-order valence-electron chi connectivity index (χ2n) is 5.72. The van der Waals surface area contributed by atoms with E-state index in [0.29, 0.717) is 0 Å². The van der Waals surface area contributed by atoms with Crippen LogP contribution in [0, 0.1) is 0 Å². The number of hydrogen-bond acceptors (Lipinski definition) is 3. The van der Waals surface area contributed by atoms with Gasteiger partial charge in [-0.05, 0) is 51.9 Å². The molecule has 0 aliphatic carbocycles. The summed E-state index contributed by atoms with van der Waals surface area (Å²) >= 11 is 0. The first kappa shape index (κ1) is 13.7. The largest absolute Gasteiger partial charge is 0.548 e. The Balaban J connectivity index is 1.70. The Morgan fingerprint density at radius 2 is 1.40 bits per heavy atom. The summed E-state index contributed by atoms with van der Waals surface area (Å²) in [6.45, 7) is 8.70. The zero-order chi connectivity index (χ0) is 13.8. The van der Waals surface area contributed by atoms with Gasteiger partial charge >= 0.3 is 7.19 Å². The molecule has 1 aromatic carbocycles. The fourth-order valence-corrected chi connectivity index (χ4v) is 3.12. The molecule has 0 atom stereocenters. The minimum absolute atomic E-state index is 0.0766. The van der Waals surface area contributed by atoms with Crippen LogP contribution in [0.5, 0.6) is 0 Å². The molecular weight excluding hydrogens is 247 g/mol. The van der Waals surface area contributed by atoms with Crippen LogP contribution in [0.25, 0.3) is 5.76 Å². The van der Waals surface area contributed by atoms with E-state index in [1.54, 1.807) is 0 Å². The van der Waals surface area contributed by atoms with Gasteiger partial charge in [0.1, 0.15) is 5.76 Å². The van der Waals surface area contributed by atoms with Gasteiger partial charge in [-0.1, -0.05) is 36.9 Å². The first-order chi connectivity index (χ1) is 9.84. The van der Waals surface area contributed by atoms with Gasteiger partial charge < -0.3 is 4.65 Å². The molecule has 3 rings (SSSR count). The lowest BCUT2D eigenvalue weighted by molar-refractivity contribution is 0.311. The van der Waals surface area contributed by atoms with E-state index in [1.807, 2.05) is 18.2 Å². The van der Waals surface area contributed by atoms with Crippen molar-refractivity contribution in [2.24, 2.45) is 0 Å². The van der Waals surface area contributed by atoms with Crippen molar-refractivity contribution >= 4 is 12.9 Å². The van der Waals surface area contributed by atoms with E-state index in [2.05, 4.69) is 28.3 Å². The second kappa shape index (κ2) is 6.46. The van der Waals surface area contributed by atoms with Crippen LogP contribution in [0.2, 0.25) is 0 Å². The lowest BCUT2D eigenvalue weighted by Crippen LogP contribution is -2.52. The highest BCUT2D eigenvalue weighted by atomic mass is 16.5. The Morgan fingerprint density at radius 1 is 0.900 bits per heavy atom.